The number of fused-ring (bicyclic) bond motifs is 4. The van der Waals surface area contributed by atoms with E-state index in [0.717, 1.165) is 63.7 Å². The molecule has 17 rings (SSSR count). The number of thiophene rings is 4. The van der Waals surface area contributed by atoms with Crippen LogP contribution in [0.4, 0.5) is 5.95 Å². The Morgan fingerprint density at radius 2 is 0.702 bits per heavy atom. The Kier molecular flexibility index (Phi) is 54.2. The third-order valence-corrected chi connectivity index (χ3v) is 30.2. The summed E-state index contributed by atoms with van der Waals surface area (Å²) in [5.41, 5.74) is 11.9. The molecule has 0 aliphatic carbocycles. The van der Waals surface area contributed by atoms with Gasteiger partial charge >= 0.3 is 68.3 Å². The van der Waals surface area contributed by atoms with Gasteiger partial charge in [-0.1, -0.05) is 253 Å². The average Bonchev–Trinajstić information content (AvgIpc) is 1.62. The van der Waals surface area contributed by atoms with E-state index in [4.69, 9.17) is 130 Å². The number of anilines is 1. The fraction of sp³-hybridized carbons (Fsp3) is 0.165. The summed E-state index contributed by atoms with van der Waals surface area (Å²) in [6.07, 6.45) is 7.46. The number of unbranched alkanes of at least 4 members (excludes halogenated alkanes) is 1. The zero-order chi connectivity index (χ0) is 92.8. The summed E-state index contributed by atoms with van der Waals surface area (Å²) in [6.45, 7) is 25.6. The van der Waals surface area contributed by atoms with Gasteiger partial charge in [0, 0.05) is 80.6 Å². The monoisotopic (exact) mass is 2190 g/mol. The van der Waals surface area contributed by atoms with Crippen molar-refractivity contribution < 1.29 is 64.3 Å². The molecule has 7 heterocycles. The van der Waals surface area contributed by atoms with Crippen LogP contribution >= 0.6 is 177 Å². The molecule has 0 unspecified atom stereocenters. The Morgan fingerprint density at radius 1 is 0.420 bits per heavy atom. The first-order valence-corrected chi connectivity index (χ1v) is 53.4. The van der Waals surface area contributed by atoms with E-state index in [-0.39, 0.29) is 75.3 Å². The van der Waals surface area contributed by atoms with Gasteiger partial charge in [-0.3, -0.25) is 0 Å². The van der Waals surface area contributed by atoms with Gasteiger partial charge in [0.2, 0.25) is 16.5 Å². The Hall–Kier alpha value is -5.86. The van der Waals surface area contributed by atoms with Gasteiger partial charge in [0.15, 0.2) is 0 Å². The predicted octanol–water partition coefficient (Wildman–Crippen LogP) is 25.3. The second-order valence-corrected chi connectivity index (χ2v) is 43.4. The first-order valence-electron chi connectivity index (χ1n) is 40.0. The van der Waals surface area contributed by atoms with Crippen LogP contribution in [0, 0.1) is 34.6 Å². The third-order valence-electron chi connectivity index (χ3n) is 17.8. The van der Waals surface area contributed by atoms with Crippen LogP contribution in [0.2, 0.25) is 35.8 Å². The standard InChI is InChI=1S/2C18H15P.C13H8Cl2N2S.C13H10ClN3S.C9H8BClO2S.C9H21BO3.C9H6BrClS.C4H2Cl2N2.C4H9.2ClH.Li.H3N.H2O.Pd/c2*1-4-10-16(11-5-1)19(17-12-6-2-7-13-17)18-14-8-3-9-15-18;2*1-7-9-6-8(14)2-3-11(9)18-12(7)10-4-5-16-13(15)17-10;1-5-7-4-6(11)2-3-8(7)14-9(5)10(12)13;1-7(2)11-10(12-8(3)4)13-9(5)6;1-5-7-4-6(11)2-3-8(7)12-9(5)10;5-3-1-2-7-4(6)8-3;1-3-4-2;;;;;;/h2*1-15H;2-6H,1H3;2-6H,1H3,(H2,15,16,17);2-4,12-13H,1H3;7-9H,1-6H3;2-4H,1H3;1-2H;1,3-4H2,2H3;2*1H;;1H3;1H2;/q;;;;;;;;-1;;;+1;;;+2/p-2. The van der Waals surface area contributed by atoms with Crippen LogP contribution in [0.1, 0.15) is 83.6 Å². The first kappa shape index (κ1) is 116. The molecule has 0 spiro atoms. The van der Waals surface area contributed by atoms with Gasteiger partial charge in [-0.2, -0.15) is 6.42 Å². The minimum Gasteiger partial charge on any atom is -0.0622 e. The predicted molar refractivity (Wildman–Crippen MR) is 573 cm³/mol. The molecular formula is C97H99B2BrCl9LiN8O6P2PdS4. The molecular weight excluding hydrogens is 2100 g/mol. The topological polar surface area (TPSA) is 238 Å². The van der Waals surface area contributed by atoms with Crippen molar-refractivity contribution in [1.82, 2.24) is 36.1 Å². The van der Waals surface area contributed by atoms with Crippen molar-refractivity contribution in [2.75, 3.05) is 5.73 Å². The van der Waals surface area contributed by atoms with Gasteiger partial charge in [0.05, 0.1) is 24.9 Å². The van der Waals surface area contributed by atoms with Crippen LogP contribution in [0.15, 0.2) is 295 Å². The van der Waals surface area contributed by atoms with Gasteiger partial charge < -0.3 is 48.3 Å². The molecule has 0 saturated heterocycles. The molecule has 0 saturated carbocycles. The molecule has 0 radical (unpaired) electrons. The second kappa shape index (κ2) is 61.4. The minimum atomic E-state index is -1.40. The molecule has 10 aromatic carbocycles. The minimum absolute atomic E-state index is 0. The molecule has 14 nitrogen and oxygen atoms in total. The van der Waals surface area contributed by atoms with Crippen molar-refractivity contribution in [2.45, 2.75) is 107 Å². The molecule has 9 N–H and O–H groups in total. The maximum Gasteiger partial charge on any atom is 1.00 e. The molecule has 131 heavy (non-hydrogen) atoms. The summed E-state index contributed by atoms with van der Waals surface area (Å²) in [7, 11) is 6.80. The number of nitrogens with zero attached hydrogens (tertiary/aromatic N) is 6. The smallest absolute Gasteiger partial charge is 0.0622 e. The van der Waals surface area contributed by atoms with Crippen LogP contribution in [-0.2, 0) is 29.9 Å². The van der Waals surface area contributed by atoms with Crippen molar-refractivity contribution in [2.24, 2.45) is 0 Å². The summed E-state index contributed by atoms with van der Waals surface area (Å²) in [5.74, 6) is 0.294. The number of hydrogen-bond donors (Lipinski definition) is 4. The van der Waals surface area contributed by atoms with Crippen molar-refractivity contribution in [3.8, 4) is 21.1 Å². The van der Waals surface area contributed by atoms with E-state index in [1.165, 1.54) is 101 Å². The average molecular weight is 2200 g/mol. The molecule has 0 fully saturated rings. The van der Waals surface area contributed by atoms with Crippen molar-refractivity contribution in [3.63, 3.8) is 0 Å². The molecule has 17 aromatic rings. The number of nitrogens with two attached hydrogens (primary N) is 1. The number of benzene rings is 10. The maximum atomic E-state index is 9.11. The molecule has 34 heteroatoms. The normalized spacial score (nSPS) is 10.4. The summed E-state index contributed by atoms with van der Waals surface area (Å²) in [6, 6.07) is 93.3. The summed E-state index contributed by atoms with van der Waals surface area (Å²) in [5, 5.41) is 34.9. The fourth-order valence-electron chi connectivity index (χ4n) is 11.9. The number of halogens is 10. The van der Waals surface area contributed by atoms with E-state index in [1.54, 1.807) is 58.5 Å². The number of aryl methyl sites for hydroxylation is 4. The maximum absolute atomic E-state index is 9.11. The van der Waals surface area contributed by atoms with Gasteiger partial charge in [-0.05, 0) is 291 Å². The first-order chi connectivity index (χ1) is 61.5. The van der Waals surface area contributed by atoms with E-state index in [1.807, 2.05) is 121 Å². The van der Waals surface area contributed by atoms with Crippen molar-refractivity contribution in [1.29, 1.82) is 0 Å². The summed E-state index contributed by atoms with van der Waals surface area (Å²) >= 11 is 50.3. The molecule has 0 atom stereocenters. The van der Waals surface area contributed by atoms with E-state index in [2.05, 4.69) is 269 Å². The molecule has 684 valence electrons. The summed E-state index contributed by atoms with van der Waals surface area (Å²) < 4.78 is 22.8. The zero-order valence-corrected chi connectivity index (χ0v) is 88.9. The van der Waals surface area contributed by atoms with Gasteiger partial charge in [0.25, 0.3) is 0 Å². The number of nitrogen functional groups attached to an aromatic ring is 1. The molecule has 0 bridgehead atoms. The van der Waals surface area contributed by atoms with Crippen LogP contribution < -0.4 is 67.3 Å². The largest absolute Gasteiger partial charge is 1.00 e. The number of aromatic nitrogens is 6. The van der Waals surface area contributed by atoms with Crippen molar-refractivity contribution in [3.05, 3.63) is 360 Å². The quantitative estimate of drug-likeness (QED) is 0.0232. The Balaban J connectivity index is 0.000000264. The Labute approximate surface area is 860 Å². The van der Waals surface area contributed by atoms with Crippen LogP contribution in [0.25, 0.3) is 61.5 Å². The van der Waals surface area contributed by atoms with E-state index in [0.29, 0.717) is 20.9 Å². The van der Waals surface area contributed by atoms with Crippen LogP contribution in [0.5, 0.6) is 0 Å². The van der Waals surface area contributed by atoms with E-state index < -0.39 is 30.3 Å². The van der Waals surface area contributed by atoms with Crippen molar-refractivity contribution >= 4 is 275 Å². The summed E-state index contributed by atoms with van der Waals surface area (Å²) in [4.78, 5) is 25.8. The van der Waals surface area contributed by atoms with Gasteiger partial charge in [-0.25, -0.2) is 29.9 Å². The third kappa shape index (κ3) is 37.9. The van der Waals surface area contributed by atoms with Gasteiger partial charge in [-0.15, -0.1) is 45.3 Å². The molecule has 7 aromatic heterocycles. The van der Waals surface area contributed by atoms with Crippen LogP contribution in [-0.4, -0.2) is 78.2 Å². The van der Waals surface area contributed by atoms with E-state index in [9.17, 15) is 0 Å². The number of rotatable bonds is 16. The van der Waals surface area contributed by atoms with Crippen LogP contribution in [0.3, 0.4) is 0 Å². The van der Waals surface area contributed by atoms with E-state index >= 15 is 0 Å². The molecule has 0 amide bonds. The zero-order valence-electron chi connectivity index (χ0n) is 73.9. The Morgan fingerprint density at radius 3 is 0.985 bits per heavy atom. The number of hydrogen-bond acceptors (Lipinski definition) is 17. The second-order valence-electron chi connectivity index (χ2n) is 28.2. The molecule has 0 aliphatic rings. The Bertz CT molecular complexity index is 5730. The fourth-order valence-corrected chi connectivity index (χ4v) is 22.7. The van der Waals surface area contributed by atoms with Gasteiger partial charge in [0.1, 0.15) is 5.15 Å². The SMILES string of the molecule is CC(C)OB(OC(C)C)OC(C)C.Cc1c(-c2ccnc(Cl)n2)sc2ccc(Cl)cc12.Cc1c(-c2ccnc(N)n2)sc2ccc(Cl)cc12.Cc1c(B(O)O)sc2ccc(Cl)cc12.Cc1c(Br)sc2ccc(Cl)cc12.Clc1ccnc(Cl)n1.N.O.[CH2-]CCC.[Cl][Pd][Cl].[Li+].c1ccc(P(c2ccccc2)c2ccccc2)cc1.c1ccc(P(c2ccccc2)c2ccccc2)cc1. The molecule has 0 aliphatic heterocycles.